The number of rotatable bonds is 15. The van der Waals surface area contributed by atoms with E-state index in [1.165, 1.54) is 78.0 Å². The van der Waals surface area contributed by atoms with E-state index in [1.807, 2.05) is 18.2 Å². The normalized spacial score (nSPS) is 11.2. The second kappa shape index (κ2) is 13.6. The number of hydrogen-bond donors (Lipinski definition) is 0. The van der Waals surface area contributed by atoms with Crippen molar-refractivity contribution in [3.05, 3.63) is 46.2 Å². The van der Waals surface area contributed by atoms with Gasteiger partial charge in [-0.25, -0.2) is 4.79 Å². The van der Waals surface area contributed by atoms with Gasteiger partial charge >= 0.3 is 5.97 Å². The van der Waals surface area contributed by atoms with Crippen molar-refractivity contribution in [2.45, 2.75) is 84.5 Å². The molecule has 0 atom stereocenters. The zero-order valence-corrected chi connectivity index (χ0v) is 21.1. The van der Waals surface area contributed by atoms with Crippen LogP contribution in [0.25, 0.3) is 9.40 Å². The number of fused-ring (bicyclic) bond motifs is 1. The highest BCUT2D eigenvalue weighted by Crippen LogP contribution is 2.35. The summed E-state index contributed by atoms with van der Waals surface area (Å²) in [5.41, 5.74) is 0. The summed E-state index contributed by atoms with van der Waals surface area (Å²) in [4.78, 5) is 14.6. The van der Waals surface area contributed by atoms with E-state index in [2.05, 4.69) is 19.9 Å². The smallest absolute Gasteiger partial charge is 0.353 e. The summed E-state index contributed by atoms with van der Waals surface area (Å²) in [6.07, 6.45) is 13.8. The summed E-state index contributed by atoms with van der Waals surface area (Å²) in [5.74, 6) is 1.08. The Balaban J connectivity index is 1.40. The Kier molecular flexibility index (Phi) is 10.6. The minimum absolute atomic E-state index is 0.289. The molecule has 5 heteroatoms. The van der Waals surface area contributed by atoms with Crippen molar-refractivity contribution >= 4 is 38.0 Å². The molecule has 0 unspecified atom stereocenters. The summed E-state index contributed by atoms with van der Waals surface area (Å²) in [6, 6.07) is 11.5. The van der Waals surface area contributed by atoms with Crippen molar-refractivity contribution in [3.63, 3.8) is 0 Å². The number of carbonyl (C=O) groups is 1. The summed E-state index contributed by atoms with van der Waals surface area (Å²) in [5, 5.41) is 1.16. The monoisotopic (exact) mass is 472 g/mol. The average Bonchev–Trinajstić information content (AvgIpc) is 3.36. The van der Waals surface area contributed by atoms with Crippen LogP contribution in [0.15, 0.2) is 36.4 Å². The van der Waals surface area contributed by atoms with Crippen molar-refractivity contribution in [2.24, 2.45) is 0 Å². The van der Waals surface area contributed by atoms with Crippen LogP contribution in [0.2, 0.25) is 0 Å². The maximum absolute atomic E-state index is 12.6. The number of ether oxygens (including phenoxy) is 2. The van der Waals surface area contributed by atoms with Crippen LogP contribution in [0.1, 0.15) is 92.6 Å². The van der Waals surface area contributed by atoms with Gasteiger partial charge in [0, 0.05) is 10.3 Å². The number of hydrogen-bond acceptors (Lipinski definition) is 5. The fourth-order valence-electron chi connectivity index (χ4n) is 3.67. The Morgan fingerprint density at radius 2 is 1.44 bits per heavy atom. The average molecular weight is 473 g/mol. The van der Waals surface area contributed by atoms with E-state index in [-0.39, 0.29) is 5.97 Å². The Hall–Kier alpha value is -1.85. The Labute approximate surface area is 200 Å². The van der Waals surface area contributed by atoms with Crippen LogP contribution in [-0.2, 0) is 6.42 Å². The van der Waals surface area contributed by atoms with Crippen LogP contribution in [0.5, 0.6) is 11.5 Å². The maximum atomic E-state index is 12.6. The van der Waals surface area contributed by atoms with Crippen molar-refractivity contribution in [2.75, 3.05) is 6.61 Å². The molecule has 0 radical (unpaired) electrons. The van der Waals surface area contributed by atoms with Gasteiger partial charge in [-0.05, 0) is 55.7 Å². The highest BCUT2D eigenvalue weighted by atomic mass is 32.2. The van der Waals surface area contributed by atoms with Gasteiger partial charge in [0.2, 0.25) is 0 Å². The van der Waals surface area contributed by atoms with Gasteiger partial charge in [0.15, 0.2) is 0 Å². The second-order valence-corrected chi connectivity index (χ2v) is 10.8. The maximum Gasteiger partial charge on any atom is 0.353 e. The van der Waals surface area contributed by atoms with E-state index in [0.717, 1.165) is 30.6 Å². The molecule has 2 heterocycles. The van der Waals surface area contributed by atoms with Crippen LogP contribution >= 0.6 is 22.7 Å². The first kappa shape index (κ1) is 24.8. The molecule has 0 aliphatic rings. The van der Waals surface area contributed by atoms with Crippen LogP contribution in [-0.4, -0.2) is 12.6 Å². The first-order chi connectivity index (χ1) is 15.7. The summed E-state index contributed by atoms with van der Waals surface area (Å²) < 4.78 is 12.6. The van der Waals surface area contributed by atoms with Gasteiger partial charge in [0.05, 0.1) is 10.6 Å². The topological polar surface area (TPSA) is 35.5 Å². The fraction of sp³-hybridized carbons (Fsp3) is 0.519. The molecule has 0 saturated heterocycles. The predicted octanol–water partition coefficient (Wildman–Crippen LogP) is 9.04. The quantitative estimate of drug-likeness (QED) is 0.126. The van der Waals surface area contributed by atoms with Crippen LogP contribution < -0.4 is 9.47 Å². The molecule has 3 aromatic rings. The van der Waals surface area contributed by atoms with E-state index >= 15 is 0 Å². The van der Waals surface area contributed by atoms with E-state index in [1.54, 1.807) is 23.5 Å². The lowest BCUT2D eigenvalue weighted by molar-refractivity contribution is 0.0739. The molecule has 1 aromatic carbocycles. The number of esters is 1. The third-order valence-electron chi connectivity index (χ3n) is 5.54. The SMILES string of the molecule is CCCCCCCCCOc1ccc(OC(=O)c2cc3cc(CCCCC)sc3s2)cc1. The lowest BCUT2D eigenvalue weighted by Gasteiger charge is -2.07. The van der Waals surface area contributed by atoms with Gasteiger partial charge in [-0.1, -0.05) is 65.2 Å². The van der Waals surface area contributed by atoms with Crippen molar-refractivity contribution in [1.82, 2.24) is 0 Å². The standard InChI is InChI=1S/C27H36O3S2/c1-3-5-7-8-9-10-12-18-29-22-14-16-23(17-15-22)30-26(28)25-20-21-19-24(13-11-6-4-2)31-27(21)32-25/h14-17,19-20H,3-13,18H2,1-2H3. The fourth-order valence-corrected chi connectivity index (χ4v) is 6.08. The predicted molar refractivity (Wildman–Crippen MR) is 138 cm³/mol. The molecule has 2 aromatic heterocycles. The van der Waals surface area contributed by atoms with Crippen LogP contribution in [0.3, 0.4) is 0 Å². The zero-order valence-electron chi connectivity index (χ0n) is 19.5. The summed E-state index contributed by atoms with van der Waals surface area (Å²) in [7, 11) is 0. The van der Waals surface area contributed by atoms with Gasteiger partial charge in [-0.3, -0.25) is 0 Å². The molecule has 0 amide bonds. The van der Waals surface area contributed by atoms with Crippen molar-refractivity contribution < 1.29 is 14.3 Å². The molecule has 0 saturated carbocycles. The van der Waals surface area contributed by atoms with Gasteiger partial charge in [-0.15, -0.1) is 22.7 Å². The first-order valence-electron chi connectivity index (χ1n) is 12.2. The van der Waals surface area contributed by atoms with Crippen molar-refractivity contribution in [1.29, 1.82) is 0 Å². The minimum atomic E-state index is -0.289. The molecule has 3 nitrogen and oxygen atoms in total. The molecular weight excluding hydrogens is 436 g/mol. The number of aryl methyl sites for hydroxylation is 1. The lowest BCUT2D eigenvalue weighted by atomic mass is 10.1. The lowest BCUT2D eigenvalue weighted by Crippen LogP contribution is -2.06. The van der Waals surface area contributed by atoms with E-state index in [0.29, 0.717) is 10.6 Å². The van der Waals surface area contributed by atoms with Gasteiger partial charge < -0.3 is 9.47 Å². The largest absolute Gasteiger partial charge is 0.494 e. The van der Waals surface area contributed by atoms with Crippen molar-refractivity contribution in [3.8, 4) is 11.5 Å². The Morgan fingerprint density at radius 1 is 0.781 bits per heavy atom. The highest BCUT2D eigenvalue weighted by Gasteiger charge is 2.15. The number of unbranched alkanes of at least 4 members (excludes halogenated alkanes) is 8. The molecular formula is C27H36O3S2. The highest BCUT2D eigenvalue weighted by molar-refractivity contribution is 7.39. The molecule has 0 N–H and O–H groups in total. The Morgan fingerprint density at radius 3 is 2.16 bits per heavy atom. The Bertz CT molecular complexity index is 908. The zero-order chi connectivity index (χ0) is 22.6. The summed E-state index contributed by atoms with van der Waals surface area (Å²) >= 11 is 3.33. The molecule has 0 fully saturated rings. The van der Waals surface area contributed by atoms with Crippen LogP contribution in [0, 0.1) is 0 Å². The first-order valence-corrected chi connectivity index (χ1v) is 13.8. The number of thiophene rings is 2. The molecule has 0 aliphatic carbocycles. The molecule has 174 valence electrons. The molecule has 0 aliphatic heterocycles. The third kappa shape index (κ3) is 7.93. The molecule has 32 heavy (non-hydrogen) atoms. The van der Waals surface area contributed by atoms with E-state index in [9.17, 15) is 4.79 Å². The van der Waals surface area contributed by atoms with Gasteiger partial charge in [-0.2, -0.15) is 0 Å². The van der Waals surface area contributed by atoms with Crippen LogP contribution in [0.4, 0.5) is 0 Å². The molecule has 0 spiro atoms. The van der Waals surface area contributed by atoms with Gasteiger partial charge in [0.25, 0.3) is 0 Å². The number of benzene rings is 1. The van der Waals surface area contributed by atoms with E-state index < -0.39 is 0 Å². The van der Waals surface area contributed by atoms with Gasteiger partial charge in [0.1, 0.15) is 16.4 Å². The minimum Gasteiger partial charge on any atom is -0.494 e. The third-order valence-corrected chi connectivity index (χ3v) is 7.97. The molecule has 0 bridgehead atoms. The van der Waals surface area contributed by atoms with E-state index in [4.69, 9.17) is 9.47 Å². The summed E-state index contributed by atoms with van der Waals surface area (Å²) in [6.45, 7) is 5.21. The number of carbonyl (C=O) groups excluding carboxylic acids is 1. The molecule has 3 rings (SSSR count). The second-order valence-electron chi connectivity index (χ2n) is 8.35.